The van der Waals surface area contributed by atoms with Crippen LogP contribution in [-0.4, -0.2) is 7.11 Å². The molecule has 0 aliphatic heterocycles. The topological polar surface area (TPSA) is 21.3 Å². The van der Waals surface area contributed by atoms with E-state index in [9.17, 15) is 0 Å². The van der Waals surface area contributed by atoms with Crippen molar-refractivity contribution in [3.8, 4) is 5.75 Å². The Morgan fingerprint density at radius 3 is 2.55 bits per heavy atom. The second kappa shape index (κ2) is 6.07. The van der Waals surface area contributed by atoms with Crippen LogP contribution in [0.15, 0.2) is 53.2 Å². The standard InChI is InChI=1S/C17H17NOS/c1-19-17-5-4-15-8-13(2-3-16(15)9-17)10-18-11-14-6-7-20-12-14/h2-9,12,18H,10-11H2,1H3. The van der Waals surface area contributed by atoms with E-state index in [0.717, 1.165) is 18.8 Å². The molecule has 0 radical (unpaired) electrons. The van der Waals surface area contributed by atoms with Gasteiger partial charge in [-0.25, -0.2) is 0 Å². The maximum Gasteiger partial charge on any atom is 0.119 e. The molecule has 0 aliphatic carbocycles. The molecule has 0 spiro atoms. The summed E-state index contributed by atoms with van der Waals surface area (Å²) in [6.45, 7) is 1.81. The molecule has 0 saturated heterocycles. The third-order valence-corrected chi connectivity index (χ3v) is 4.08. The van der Waals surface area contributed by atoms with Gasteiger partial charge in [-0.1, -0.05) is 18.2 Å². The highest BCUT2D eigenvalue weighted by Crippen LogP contribution is 2.21. The van der Waals surface area contributed by atoms with E-state index < -0.39 is 0 Å². The molecule has 2 aromatic carbocycles. The molecule has 0 bridgehead atoms. The molecule has 20 heavy (non-hydrogen) atoms. The maximum absolute atomic E-state index is 5.25. The molecule has 1 N–H and O–H groups in total. The van der Waals surface area contributed by atoms with Crippen molar-refractivity contribution in [3.05, 3.63) is 64.4 Å². The Hall–Kier alpha value is -1.84. The van der Waals surface area contributed by atoms with Crippen molar-refractivity contribution in [3.63, 3.8) is 0 Å². The van der Waals surface area contributed by atoms with Crippen LogP contribution in [0, 0.1) is 0 Å². The van der Waals surface area contributed by atoms with E-state index in [0.29, 0.717) is 0 Å². The zero-order valence-corrected chi connectivity index (χ0v) is 12.2. The lowest BCUT2D eigenvalue weighted by Crippen LogP contribution is -2.11. The van der Waals surface area contributed by atoms with Gasteiger partial charge in [-0.3, -0.25) is 0 Å². The first kappa shape index (κ1) is 13.2. The Labute approximate surface area is 123 Å². The average molecular weight is 283 g/mol. The molecule has 0 aliphatic rings. The predicted molar refractivity (Wildman–Crippen MR) is 85.4 cm³/mol. The van der Waals surface area contributed by atoms with Crippen LogP contribution in [0.25, 0.3) is 10.8 Å². The first-order chi connectivity index (χ1) is 9.85. The van der Waals surface area contributed by atoms with E-state index in [1.807, 2.05) is 6.07 Å². The summed E-state index contributed by atoms with van der Waals surface area (Å²) in [6.07, 6.45) is 0. The number of benzene rings is 2. The Kier molecular flexibility index (Phi) is 4.00. The summed E-state index contributed by atoms with van der Waals surface area (Å²) in [4.78, 5) is 0. The number of thiophene rings is 1. The highest BCUT2D eigenvalue weighted by atomic mass is 32.1. The molecule has 3 aromatic rings. The summed E-state index contributed by atoms with van der Waals surface area (Å²) >= 11 is 1.74. The lowest BCUT2D eigenvalue weighted by atomic mass is 10.1. The second-order valence-corrected chi connectivity index (χ2v) is 5.56. The van der Waals surface area contributed by atoms with Crippen molar-refractivity contribution >= 4 is 22.1 Å². The molecule has 0 amide bonds. The molecule has 1 aromatic heterocycles. The van der Waals surface area contributed by atoms with E-state index in [1.165, 1.54) is 21.9 Å². The molecule has 102 valence electrons. The number of fused-ring (bicyclic) bond motifs is 1. The van der Waals surface area contributed by atoms with Crippen LogP contribution >= 0.6 is 11.3 Å². The molecule has 0 atom stereocenters. The number of hydrogen-bond acceptors (Lipinski definition) is 3. The highest BCUT2D eigenvalue weighted by Gasteiger charge is 1.99. The van der Waals surface area contributed by atoms with Crippen LogP contribution in [0.1, 0.15) is 11.1 Å². The SMILES string of the molecule is COc1ccc2cc(CNCc3ccsc3)ccc2c1. The Morgan fingerprint density at radius 2 is 1.75 bits per heavy atom. The summed E-state index contributed by atoms with van der Waals surface area (Å²) in [5.74, 6) is 0.904. The zero-order valence-electron chi connectivity index (χ0n) is 11.4. The summed E-state index contributed by atoms with van der Waals surface area (Å²) < 4.78 is 5.25. The van der Waals surface area contributed by atoms with Gasteiger partial charge in [-0.15, -0.1) is 0 Å². The normalized spacial score (nSPS) is 10.8. The van der Waals surface area contributed by atoms with Crippen molar-refractivity contribution < 1.29 is 4.74 Å². The molecule has 0 unspecified atom stereocenters. The van der Waals surface area contributed by atoms with Gasteiger partial charge in [-0.2, -0.15) is 11.3 Å². The smallest absolute Gasteiger partial charge is 0.119 e. The van der Waals surface area contributed by atoms with E-state index >= 15 is 0 Å². The van der Waals surface area contributed by atoms with Crippen LogP contribution < -0.4 is 10.1 Å². The van der Waals surface area contributed by atoms with Gasteiger partial charge in [0.25, 0.3) is 0 Å². The van der Waals surface area contributed by atoms with E-state index in [4.69, 9.17) is 4.74 Å². The van der Waals surface area contributed by atoms with Gasteiger partial charge in [0.15, 0.2) is 0 Å². The second-order valence-electron chi connectivity index (χ2n) is 4.78. The lowest BCUT2D eigenvalue weighted by molar-refractivity contribution is 0.415. The number of rotatable bonds is 5. The van der Waals surface area contributed by atoms with Gasteiger partial charge >= 0.3 is 0 Å². The molecule has 3 rings (SSSR count). The van der Waals surface area contributed by atoms with Crippen LogP contribution in [0.3, 0.4) is 0 Å². The van der Waals surface area contributed by atoms with Crippen LogP contribution in [-0.2, 0) is 13.1 Å². The third-order valence-electron chi connectivity index (χ3n) is 3.35. The minimum atomic E-state index is 0.887. The van der Waals surface area contributed by atoms with Gasteiger partial charge in [0.2, 0.25) is 0 Å². The Morgan fingerprint density at radius 1 is 0.950 bits per heavy atom. The first-order valence-corrected chi connectivity index (χ1v) is 7.58. The molecular formula is C17H17NOS. The van der Waals surface area contributed by atoms with Crippen molar-refractivity contribution in [1.29, 1.82) is 0 Å². The molecular weight excluding hydrogens is 266 g/mol. The number of hydrogen-bond donors (Lipinski definition) is 1. The predicted octanol–water partition coefficient (Wildman–Crippen LogP) is 4.20. The van der Waals surface area contributed by atoms with Crippen molar-refractivity contribution in [2.45, 2.75) is 13.1 Å². The Balaban J connectivity index is 1.69. The van der Waals surface area contributed by atoms with E-state index in [1.54, 1.807) is 18.4 Å². The summed E-state index contributed by atoms with van der Waals surface area (Å²) in [6, 6.07) is 14.9. The van der Waals surface area contributed by atoms with Crippen LogP contribution in [0.2, 0.25) is 0 Å². The molecule has 3 heteroatoms. The minimum absolute atomic E-state index is 0.887. The van der Waals surface area contributed by atoms with Gasteiger partial charge in [0.05, 0.1) is 7.11 Å². The lowest BCUT2D eigenvalue weighted by Gasteiger charge is -2.07. The molecule has 0 saturated carbocycles. The summed E-state index contributed by atoms with van der Waals surface area (Å²) in [7, 11) is 1.70. The fourth-order valence-electron chi connectivity index (χ4n) is 2.25. The zero-order chi connectivity index (χ0) is 13.8. The maximum atomic E-state index is 5.25. The van der Waals surface area contributed by atoms with E-state index in [-0.39, 0.29) is 0 Å². The fraction of sp³-hybridized carbons (Fsp3) is 0.176. The largest absolute Gasteiger partial charge is 0.497 e. The number of methoxy groups -OCH3 is 1. The highest BCUT2D eigenvalue weighted by molar-refractivity contribution is 7.07. The molecule has 0 fully saturated rings. The van der Waals surface area contributed by atoms with Crippen molar-refractivity contribution in [2.24, 2.45) is 0 Å². The molecule has 1 heterocycles. The Bertz CT molecular complexity index is 691. The van der Waals surface area contributed by atoms with Gasteiger partial charge in [0, 0.05) is 13.1 Å². The van der Waals surface area contributed by atoms with Crippen LogP contribution in [0.5, 0.6) is 5.75 Å². The van der Waals surface area contributed by atoms with Crippen molar-refractivity contribution in [1.82, 2.24) is 5.32 Å². The fourth-order valence-corrected chi connectivity index (χ4v) is 2.92. The van der Waals surface area contributed by atoms with Gasteiger partial charge in [0.1, 0.15) is 5.75 Å². The monoisotopic (exact) mass is 283 g/mol. The average Bonchev–Trinajstić information content (AvgIpc) is 3.00. The van der Waals surface area contributed by atoms with Crippen molar-refractivity contribution in [2.75, 3.05) is 7.11 Å². The number of ether oxygens (including phenoxy) is 1. The summed E-state index contributed by atoms with van der Waals surface area (Å²) in [5, 5.41) is 10.2. The minimum Gasteiger partial charge on any atom is -0.497 e. The number of nitrogens with one attached hydrogen (secondary N) is 1. The van der Waals surface area contributed by atoms with Crippen LogP contribution in [0.4, 0.5) is 0 Å². The molecule has 2 nitrogen and oxygen atoms in total. The van der Waals surface area contributed by atoms with E-state index in [2.05, 4.69) is 52.5 Å². The third kappa shape index (κ3) is 3.00. The summed E-state index contributed by atoms with van der Waals surface area (Å²) in [5.41, 5.74) is 2.65. The quantitative estimate of drug-likeness (QED) is 0.757. The van der Waals surface area contributed by atoms with Gasteiger partial charge in [-0.05, 0) is 56.9 Å². The first-order valence-electron chi connectivity index (χ1n) is 6.63. The van der Waals surface area contributed by atoms with Gasteiger partial charge < -0.3 is 10.1 Å².